The van der Waals surface area contributed by atoms with Crippen molar-refractivity contribution in [3.63, 3.8) is 0 Å². The van der Waals surface area contributed by atoms with Crippen LogP contribution in [0.4, 0.5) is 0 Å². The first-order valence-corrected chi connectivity index (χ1v) is 6.86. The zero-order chi connectivity index (χ0) is 15.6. The van der Waals surface area contributed by atoms with E-state index < -0.39 is 0 Å². The maximum absolute atomic E-state index is 9.52. The number of phenolic OH excluding ortho intramolecular Hbond substituents is 2. The van der Waals surface area contributed by atoms with Gasteiger partial charge >= 0.3 is 0 Å². The molecule has 0 amide bonds. The van der Waals surface area contributed by atoms with E-state index in [0.29, 0.717) is 23.8 Å². The summed E-state index contributed by atoms with van der Waals surface area (Å²) in [5, 5.41) is 22.8. The lowest BCUT2D eigenvalue weighted by atomic mass is 9.84. The molecule has 0 aliphatic rings. The number of aromatic nitrogens is 2. The van der Waals surface area contributed by atoms with E-state index in [1.807, 2.05) is 0 Å². The Morgan fingerprint density at radius 2 is 1.95 bits per heavy atom. The maximum atomic E-state index is 9.52. The fraction of sp³-hybridized carbons (Fsp3) is 0.467. The van der Waals surface area contributed by atoms with Crippen molar-refractivity contribution in [3.05, 3.63) is 24.1 Å². The minimum absolute atomic E-state index is 0.00281. The molecule has 1 atom stereocenters. The van der Waals surface area contributed by atoms with Crippen LogP contribution in [0.25, 0.3) is 11.4 Å². The average Bonchev–Trinajstić information content (AvgIpc) is 2.87. The van der Waals surface area contributed by atoms with Gasteiger partial charge in [-0.15, -0.1) is 0 Å². The van der Waals surface area contributed by atoms with Crippen molar-refractivity contribution in [2.75, 3.05) is 6.54 Å². The van der Waals surface area contributed by atoms with Crippen molar-refractivity contribution < 1.29 is 14.7 Å². The highest BCUT2D eigenvalue weighted by Crippen LogP contribution is 2.32. The molecule has 0 saturated carbocycles. The molecule has 6 nitrogen and oxygen atoms in total. The third-order valence-electron chi connectivity index (χ3n) is 3.17. The highest BCUT2D eigenvalue weighted by molar-refractivity contribution is 5.59. The first-order chi connectivity index (χ1) is 9.80. The van der Waals surface area contributed by atoms with Crippen LogP contribution in [0, 0.1) is 5.41 Å². The van der Waals surface area contributed by atoms with Gasteiger partial charge in [0.2, 0.25) is 11.7 Å². The van der Waals surface area contributed by atoms with Gasteiger partial charge in [-0.25, -0.2) is 0 Å². The lowest BCUT2D eigenvalue weighted by molar-refractivity contribution is 0.287. The fourth-order valence-electron chi connectivity index (χ4n) is 2.19. The van der Waals surface area contributed by atoms with E-state index in [9.17, 15) is 10.2 Å². The molecule has 4 N–H and O–H groups in total. The number of nitrogens with zero attached hydrogens (tertiary/aromatic N) is 2. The van der Waals surface area contributed by atoms with E-state index in [-0.39, 0.29) is 22.8 Å². The Morgan fingerprint density at radius 1 is 1.24 bits per heavy atom. The minimum atomic E-state index is -0.219. The Hall–Kier alpha value is -2.08. The maximum Gasteiger partial charge on any atom is 0.231 e. The fourth-order valence-corrected chi connectivity index (χ4v) is 2.19. The van der Waals surface area contributed by atoms with Gasteiger partial charge in [-0.1, -0.05) is 25.9 Å². The van der Waals surface area contributed by atoms with Gasteiger partial charge in [0.05, 0.1) is 5.92 Å². The third-order valence-corrected chi connectivity index (χ3v) is 3.17. The molecule has 0 aliphatic heterocycles. The Kier molecular flexibility index (Phi) is 4.18. The molecule has 0 radical (unpaired) electrons. The van der Waals surface area contributed by atoms with Crippen LogP contribution in [0.2, 0.25) is 0 Å². The van der Waals surface area contributed by atoms with Crippen molar-refractivity contribution >= 4 is 0 Å². The molecule has 0 saturated heterocycles. The van der Waals surface area contributed by atoms with Gasteiger partial charge in [-0.2, -0.15) is 4.98 Å². The monoisotopic (exact) mass is 291 g/mol. The Bertz CT molecular complexity index is 617. The molecule has 1 heterocycles. The topological polar surface area (TPSA) is 105 Å². The van der Waals surface area contributed by atoms with Crippen LogP contribution in [-0.2, 0) is 0 Å². The van der Waals surface area contributed by atoms with Gasteiger partial charge in [0.1, 0.15) is 0 Å². The number of rotatable bonds is 4. The largest absolute Gasteiger partial charge is 0.504 e. The zero-order valence-electron chi connectivity index (χ0n) is 12.5. The number of hydrogen-bond donors (Lipinski definition) is 3. The summed E-state index contributed by atoms with van der Waals surface area (Å²) < 4.78 is 5.30. The number of hydrogen-bond acceptors (Lipinski definition) is 6. The molecule has 1 aromatic heterocycles. The lowest BCUT2D eigenvalue weighted by Crippen LogP contribution is -2.19. The molecular formula is C15H21N3O3. The molecule has 1 aromatic carbocycles. The Labute approximate surface area is 123 Å². The molecule has 21 heavy (non-hydrogen) atoms. The second-order valence-corrected chi connectivity index (χ2v) is 6.36. The normalized spacial score (nSPS) is 13.3. The second-order valence-electron chi connectivity index (χ2n) is 6.36. The summed E-state index contributed by atoms with van der Waals surface area (Å²) in [4.78, 5) is 4.36. The summed E-state index contributed by atoms with van der Waals surface area (Å²) in [5.41, 5.74) is 6.49. The smallest absolute Gasteiger partial charge is 0.231 e. The first kappa shape index (κ1) is 15.3. The number of benzene rings is 1. The quantitative estimate of drug-likeness (QED) is 0.748. The van der Waals surface area contributed by atoms with Gasteiger partial charge in [0.25, 0.3) is 0 Å². The summed E-state index contributed by atoms with van der Waals surface area (Å²) in [5.74, 6) is 0.457. The SMILES string of the molecule is CC(C)(C)CC(CN)c1nc(-c2ccc(O)c(O)c2)no1. The van der Waals surface area contributed by atoms with Crippen molar-refractivity contribution in [3.8, 4) is 22.9 Å². The Balaban J connectivity index is 2.25. The van der Waals surface area contributed by atoms with Crippen LogP contribution in [-0.4, -0.2) is 26.9 Å². The molecule has 2 rings (SSSR count). The molecule has 2 aromatic rings. The highest BCUT2D eigenvalue weighted by atomic mass is 16.5. The standard InChI is InChI=1S/C15H21N3O3/c1-15(2,3)7-10(8-16)14-17-13(18-21-14)9-4-5-11(19)12(20)6-9/h4-6,10,19-20H,7-8,16H2,1-3H3. The predicted molar refractivity (Wildman–Crippen MR) is 78.9 cm³/mol. The van der Waals surface area contributed by atoms with Crippen molar-refractivity contribution in [1.82, 2.24) is 10.1 Å². The summed E-state index contributed by atoms with van der Waals surface area (Å²) in [7, 11) is 0. The number of phenols is 2. The van der Waals surface area contributed by atoms with Gasteiger partial charge in [-0.05, 0) is 30.0 Å². The van der Waals surface area contributed by atoms with E-state index in [4.69, 9.17) is 10.3 Å². The first-order valence-electron chi connectivity index (χ1n) is 6.86. The molecule has 1 unspecified atom stereocenters. The van der Waals surface area contributed by atoms with E-state index in [1.165, 1.54) is 12.1 Å². The van der Waals surface area contributed by atoms with Gasteiger partial charge in [-0.3, -0.25) is 0 Å². The summed E-state index contributed by atoms with van der Waals surface area (Å²) in [6, 6.07) is 4.40. The van der Waals surface area contributed by atoms with Gasteiger partial charge in [0.15, 0.2) is 11.5 Å². The summed E-state index contributed by atoms with van der Waals surface area (Å²) in [6.07, 6.45) is 0.839. The van der Waals surface area contributed by atoms with E-state index in [1.54, 1.807) is 6.07 Å². The summed E-state index contributed by atoms with van der Waals surface area (Å²) in [6.45, 7) is 6.82. The molecule has 114 valence electrons. The van der Waals surface area contributed by atoms with Gasteiger partial charge < -0.3 is 20.5 Å². The number of nitrogens with two attached hydrogens (primary N) is 1. The molecule has 6 heteroatoms. The molecule has 0 spiro atoms. The van der Waals surface area contributed by atoms with Crippen LogP contribution in [0.15, 0.2) is 22.7 Å². The molecule has 0 aliphatic carbocycles. The lowest BCUT2D eigenvalue weighted by Gasteiger charge is -2.22. The van der Waals surface area contributed by atoms with E-state index >= 15 is 0 Å². The van der Waals surface area contributed by atoms with Crippen LogP contribution in [0.5, 0.6) is 11.5 Å². The molecule has 0 fully saturated rings. The third kappa shape index (κ3) is 3.72. The Morgan fingerprint density at radius 3 is 2.52 bits per heavy atom. The van der Waals surface area contributed by atoms with E-state index in [0.717, 1.165) is 6.42 Å². The summed E-state index contributed by atoms with van der Waals surface area (Å²) >= 11 is 0. The molecule has 0 bridgehead atoms. The zero-order valence-corrected chi connectivity index (χ0v) is 12.5. The van der Waals surface area contributed by atoms with Crippen LogP contribution >= 0.6 is 0 Å². The van der Waals surface area contributed by atoms with Crippen LogP contribution < -0.4 is 5.73 Å². The molecular weight excluding hydrogens is 270 g/mol. The van der Waals surface area contributed by atoms with Crippen LogP contribution in [0.3, 0.4) is 0 Å². The predicted octanol–water partition coefficient (Wildman–Crippen LogP) is 2.63. The number of aromatic hydroxyl groups is 2. The van der Waals surface area contributed by atoms with E-state index in [2.05, 4.69) is 30.9 Å². The van der Waals surface area contributed by atoms with Crippen molar-refractivity contribution in [2.45, 2.75) is 33.1 Å². The van der Waals surface area contributed by atoms with Crippen molar-refractivity contribution in [2.24, 2.45) is 11.1 Å². The van der Waals surface area contributed by atoms with Crippen LogP contribution in [0.1, 0.15) is 39.0 Å². The van der Waals surface area contributed by atoms with Gasteiger partial charge in [0, 0.05) is 12.1 Å². The average molecular weight is 291 g/mol. The minimum Gasteiger partial charge on any atom is -0.504 e. The van der Waals surface area contributed by atoms with Crippen molar-refractivity contribution in [1.29, 1.82) is 0 Å². The second kappa shape index (κ2) is 5.73. The highest BCUT2D eigenvalue weighted by Gasteiger charge is 2.24.